The van der Waals surface area contributed by atoms with Gasteiger partial charge in [-0.25, -0.2) is 0 Å². The number of aryl methyl sites for hydroxylation is 1. The van der Waals surface area contributed by atoms with Crippen LogP contribution in [0.4, 0.5) is 0 Å². The maximum atomic E-state index is 11.6. The molecule has 148 valence electrons. The minimum Gasteiger partial charge on any atom is -0.872 e. The third kappa shape index (κ3) is 8.53. The molecular formula is C21H27NaO5S. The predicted octanol–water partition coefficient (Wildman–Crippen LogP) is 2.10. The Labute approximate surface area is 190 Å². The molecule has 1 N–H and O–H groups in total. The van der Waals surface area contributed by atoms with Crippen LogP contribution in [0.2, 0.25) is 0 Å². The minimum absolute atomic E-state index is 0. The van der Waals surface area contributed by atoms with E-state index in [4.69, 9.17) is 4.74 Å². The standard InChI is InChI=1S/C21H28O5S.Na/c1-2-3-4-5-6-7-8-9-17-16-20(14-15-21(17)27(23,24)25)26-19-12-10-18(22)11-13-19;/h10-16,22H,2-9H2,1H3,(H,23,24,25);/q;+1/p-1. The molecule has 28 heavy (non-hydrogen) atoms. The van der Waals surface area contributed by atoms with E-state index in [2.05, 4.69) is 6.92 Å². The van der Waals surface area contributed by atoms with E-state index in [1.165, 1.54) is 49.9 Å². The Morgan fingerprint density at radius 1 is 0.893 bits per heavy atom. The first-order valence-corrected chi connectivity index (χ1v) is 10.9. The summed E-state index contributed by atoms with van der Waals surface area (Å²) in [5.41, 5.74) is 0.545. The zero-order valence-corrected chi connectivity index (χ0v) is 19.5. The van der Waals surface area contributed by atoms with Gasteiger partial charge >= 0.3 is 29.6 Å². The SMILES string of the molecule is CCCCCCCCCc1cc(Oc2ccc([O-])cc2)ccc1S(=O)(=O)O.[Na+]. The Bertz CT molecular complexity index is 819. The first kappa shape index (κ1) is 25.0. The topological polar surface area (TPSA) is 86.7 Å². The molecule has 0 saturated carbocycles. The van der Waals surface area contributed by atoms with Gasteiger partial charge in [0.05, 0.1) is 4.90 Å². The van der Waals surface area contributed by atoms with Crippen LogP contribution in [-0.4, -0.2) is 13.0 Å². The fraction of sp³-hybridized carbons (Fsp3) is 0.429. The quantitative estimate of drug-likeness (QED) is 0.346. The van der Waals surface area contributed by atoms with Crippen LogP contribution in [0.3, 0.4) is 0 Å². The van der Waals surface area contributed by atoms with Crippen molar-refractivity contribution in [3.63, 3.8) is 0 Å². The molecule has 0 spiro atoms. The van der Waals surface area contributed by atoms with E-state index in [0.29, 0.717) is 23.5 Å². The molecule has 0 heterocycles. The van der Waals surface area contributed by atoms with Gasteiger partial charge in [-0.2, -0.15) is 8.42 Å². The molecule has 0 aliphatic carbocycles. The first-order valence-electron chi connectivity index (χ1n) is 9.45. The molecule has 0 aromatic heterocycles. The monoisotopic (exact) mass is 414 g/mol. The molecule has 2 aromatic rings. The summed E-state index contributed by atoms with van der Waals surface area (Å²) in [6.07, 6.45) is 8.43. The fourth-order valence-electron chi connectivity index (χ4n) is 2.98. The van der Waals surface area contributed by atoms with Crippen LogP contribution >= 0.6 is 0 Å². The molecule has 5 nitrogen and oxygen atoms in total. The summed E-state index contributed by atoms with van der Waals surface area (Å²) in [4.78, 5) is -0.0734. The average Bonchev–Trinajstić information content (AvgIpc) is 2.62. The van der Waals surface area contributed by atoms with E-state index in [-0.39, 0.29) is 40.2 Å². The fourth-order valence-corrected chi connectivity index (χ4v) is 3.71. The van der Waals surface area contributed by atoms with E-state index in [9.17, 15) is 18.1 Å². The zero-order chi connectivity index (χ0) is 19.7. The van der Waals surface area contributed by atoms with Gasteiger partial charge in [-0.15, -0.1) is 5.75 Å². The smallest absolute Gasteiger partial charge is 0.872 e. The normalized spacial score (nSPS) is 11.1. The van der Waals surface area contributed by atoms with Gasteiger partial charge < -0.3 is 9.84 Å². The van der Waals surface area contributed by atoms with Gasteiger partial charge in [0, 0.05) is 0 Å². The largest absolute Gasteiger partial charge is 1.00 e. The molecular weight excluding hydrogens is 387 g/mol. The van der Waals surface area contributed by atoms with Crippen LogP contribution in [-0.2, 0) is 16.5 Å². The predicted molar refractivity (Wildman–Crippen MR) is 104 cm³/mol. The maximum absolute atomic E-state index is 11.6. The van der Waals surface area contributed by atoms with Gasteiger partial charge in [0.25, 0.3) is 10.1 Å². The first-order chi connectivity index (χ1) is 12.9. The maximum Gasteiger partial charge on any atom is 1.00 e. The van der Waals surface area contributed by atoms with Gasteiger partial charge in [0.15, 0.2) is 0 Å². The molecule has 0 unspecified atom stereocenters. The molecule has 0 bridgehead atoms. The second-order valence-corrected chi connectivity index (χ2v) is 8.08. The zero-order valence-electron chi connectivity index (χ0n) is 16.7. The molecule has 2 aromatic carbocycles. The van der Waals surface area contributed by atoms with Gasteiger partial charge in [-0.05, 0) is 48.7 Å². The molecule has 0 aliphatic heterocycles. The third-order valence-electron chi connectivity index (χ3n) is 4.42. The van der Waals surface area contributed by atoms with Crippen molar-refractivity contribution >= 4 is 10.1 Å². The molecule has 7 heteroatoms. The van der Waals surface area contributed by atoms with Gasteiger partial charge in [-0.1, -0.05) is 57.6 Å². The Morgan fingerprint density at radius 2 is 1.46 bits per heavy atom. The van der Waals surface area contributed by atoms with Crippen molar-refractivity contribution in [1.82, 2.24) is 0 Å². The number of unbranched alkanes of at least 4 members (excludes halogenated alkanes) is 6. The van der Waals surface area contributed by atoms with Crippen LogP contribution in [0, 0.1) is 0 Å². The van der Waals surface area contributed by atoms with E-state index >= 15 is 0 Å². The van der Waals surface area contributed by atoms with Crippen LogP contribution in [0.25, 0.3) is 0 Å². The van der Waals surface area contributed by atoms with Crippen molar-refractivity contribution in [2.45, 2.75) is 63.2 Å². The van der Waals surface area contributed by atoms with E-state index in [1.807, 2.05) is 0 Å². The molecule has 0 fully saturated rings. The summed E-state index contributed by atoms with van der Waals surface area (Å²) in [5.74, 6) is 0.860. The van der Waals surface area contributed by atoms with E-state index in [0.717, 1.165) is 19.3 Å². The van der Waals surface area contributed by atoms with Crippen molar-refractivity contribution in [3.05, 3.63) is 48.0 Å². The minimum atomic E-state index is -4.28. The number of rotatable bonds is 11. The molecule has 0 saturated heterocycles. The molecule has 2 rings (SSSR count). The van der Waals surface area contributed by atoms with Crippen LogP contribution in [0.5, 0.6) is 17.2 Å². The number of benzene rings is 2. The Morgan fingerprint density at radius 3 is 2.07 bits per heavy atom. The van der Waals surface area contributed by atoms with Crippen LogP contribution < -0.4 is 39.4 Å². The summed E-state index contributed by atoms with van der Waals surface area (Å²) < 4.78 is 38.5. The van der Waals surface area contributed by atoms with Gasteiger partial charge in [-0.3, -0.25) is 4.55 Å². The average molecular weight is 414 g/mol. The molecule has 0 radical (unpaired) electrons. The Balaban J connectivity index is 0.00000392. The number of hydrogen-bond acceptors (Lipinski definition) is 4. The Hall–Kier alpha value is -1.05. The van der Waals surface area contributed by atoms with Gasteiger partial charge in [0.1, 0.15) is 11.5 Å². The van der Waals surface area contributed by atoms with Gasteiger partial charge in [0.2, 0.25) is 0 Å². The van der Waals surface area contributed by atoms with E-state index < -0.39 is 10.1 Å². The molecule has 0 atom stereocenters. The molecule has 0 aliphatic rings. The summed E-state index contributed by atoms with van der Waals surface area (Å²) in [6, 6.07) is 10.4. The van der Waals surface area contributed by atoms with E-state index in [1.54, 1.807) is 18.2 Å². The second kappa shape index (κ2) is 12.5. The second-order valence-electron chi connectivity index (χ2n) is 6.69. The summed E-state index contributed by atoms with van der Waals surface area (Å²) >= 11 is 0. The number of ether oxygens (including phenoxy) is 1. The van der Waals surface area contributed by atoms with Crippen molar-refractivity contribution in [3.8, 4) is 17.2 Å². The Kier molecular flexibility index (Phi) is 11.2. The summed E-state index contributed by atoms with van der Waals surface area (Å²) in [7, 11) is -4.28. The van der Waals surface area contributed by atoms with Crippen LogP contribution in [0.1, 0.15) is 57.4 Å². The summed E-state index contributed by atoms with van der Waals surface area (Å²) in [6.45, 7) is 2.18. The van der Waals surface area contributed by atoms with Crippen molar-refractivity contribution < 1.29 is 52.4 Å². The van der Waals surface area contributed by atoms with Crippen molar-refractivity contribution in [1.29, 1.82) is 0 Å². The number of hydrogen-bond donors (Lipinski definition) is 1. The van der Waals surface area contributed by atoms with Crippen LogP contribution in [0.15, 0.2) is 47.4 Å². The van der Waals surface area contributed by atoms with Crippen molar-refractivity contribution in [2.24, 2.45) is 0 Å². The molecule has 0 amide bonds. The van der Waals surface area contributed by atoms with Crippen molar-refractivity contribution in [2.75, 3.05) is 0 Å². The summed E-state index contributed by atoms with van der Waals surface area (Å²) in [5, 5.41) is 11.2. The third-order valence-corrected chi connectivity index (χ3v) is 5.37.